The number of imidazole rings is 1. The summed E-state index contributed by atoms with van der Waals surface area (Å²) in [7, 11) is 0. The zero-order chi connectivity index (χ0) is 13.1. The largest absolute Gasteiger partial charge is 0.461 e. The number of carbonyl (C=O) groups excluding carboxylic acids is 1. The number of nitrogens with zero attached hydrogens (tertiary/aromatic N) is 4. The van der Waals surface area contributed by atoms with Gasteiger partial charge in [0.1, 0.15) is 11.1 Å². The molecule has 18 heavy (non-hydrogen) atoms. The SMILES string of the molecule is CCCc1nn2c(C#N)c(C(=O)OCC)nc2s1. The van der Waals surface area contributed by atoms with Crippen LogP contribution >= 0.6 is 11.3 Å². The lowest BCUT2D eigenvalue weighted by molar-refractivity contribution is 0.0520. The molecule has 2 aromatic rings. The zero-order valence-electron chi connectivity index (χ0n) is 10.1. The summed E-state index contributed by atoms with van der Waals surface area (Å²) in [5, 5.41) is 14.3. The maximum absolute atomic E-state index is 11.6. The third-order valence-corrected chi connectivity index (χ3v) is 3.25. The van der Waals surface area contributed by atoms with E-state index in [1.54, 1.807) is 6.92 Å². The van der Waals surface area contributed by atoms with Gasteiger partial charge in [0.15, 0.2) is 11.4 Å². The third kappa shape index (κ3) is 2.07. The van der Waals surface area contributed by atoms with Gasteiger partial charge in [-0.3, -0.25) is 0 Å². The molecule has 0 radical (unpaired) electrons. The standard InChI is InChI=1S/C11H12N4O2S/c1-3-5-8-14-15-7(6-12)9(10(16)17-4-2)13-11(15)18-8/h3-5H2,1-2H3. The van der Waals surface area contributed by atoms with E-state index >= 15 is 0 Å². The topological polar surface area (TPSA) is 80.3 Å². The Hall–Kier alpha value is -1.94. The lowest BCUT2D eigenvalue weighted by Gasteiger charge is -1.97. The molecular weight excluding hydrogens is 252 g/mol. The van der Waals surface area contributed by atoms with Crippen molar-refractivity contribution in [3.8, 4) is 6.07 Å². The van der Waals surface area contributed by atoms with Gasteiger partial charge >= 0.3 is 5.97 Å². The lowest BCUT2D eigenvalue weighted by atomic mass is 10.3. The van der Waals surface area contributed by atoms with Crippen molar-refractivity contribution in [2.24, 2.45) is 0 Å². The van der Waals surface area contributed by atoms with Gasteiger partial charge in [0, 0.05) is 6.42 Å². The van der Waals surface area contributed by atoms with Crippen molar-refractivity contribution in [1.82, 2.24) is 14.6 Å². The molecule has 0 spiro atoms. The van der Waals surface area contributed by atoms with Crippen molar-refractivity contribution < 1.29 is 9.53 Å². The van der Waals surface area contributed by atoms with Crippen LogP contribution in [0.15, 0.2) is 0 Å². The van der Waals surface area contributed by atoms with Crippen molar-refractivity contribution in [3.05, 3.63) is 16.4 Å². The van der Waals surface area contributed by atoms with Gasteiger partial charge in [-0.05, 0) is 13.3 Å². The maximum Gasteiger partial charge on any atom is 0.360 e. The molecule has 0 saturated carbocycles. The molecule has 0 unspecified atom stereocenters. The fraction of sp³-hybridized carbons (Fsp3) is 0.455. The van der Waals surface area contributed by atoms with Gasteiger partial charge in [-0.2, -0.15) is 14.9 Å². The monoisotopic (exact) mass is 264 g/mol. The summed E-state index contributed by atoms with van der Waals surface area (Å²) >= 11 is 1.39. The number of aryl methyl sites for hydroxylation is 1. The first-order valence-electron chi connectivity index (χ1n) is 5.66. The fourth-order valence-corrected chi connectivity index (χ4v) is 2.54. The molecule has 0 fully saturated rings. The number of nitriles is 1. The minimum Gasteiger partial charge on any atom is -0.461 e. The molecule has 0 aliphatic rings. The molecule has 2 rings (SSSR count). The number of ether oxygens (including phenoxy) is 1. The first-order chi connectivity index (χ1) is 8.71. The summed E-state index contributed by atoms with van der Waals surface area (Å²) in [4.78, 5) is 16.3. The highest BCUT2D eigenvalue weighted by Crippen LogP contribution is 2.20. The summed E-state index contributed by atoms with van der Waals surface area (Å²) in [6.45, 7) is 4.02. The Labute approximate surface area is 108 Å². The molecule has 6 nitrogen and oxygen atoms in total. The Morgan fingerprint density at radius 1 is 1.56 bits per heavy atom. The molecule has 2 aromatic heterocycles. The normalized spacial score (nSPS) is 10.5. The molecule has 2 heterocycles. The Balaban J connectivity index is 2.48. The molecule has 94 valence electrons. The van der Waals surface area contributed by atoms with Crippen molar-refractivity contribution in [3.63, 3.8) is 0 Å². The first-order valence-corrected chi connectivity index (χ1v) is 6.48. The van der Waals surface area contributed by atoms with Gasteiger partial charge in [-0.15, -0.1) is 0 Å². The van der Waals surface area contributed by atoms with Crippen LogP contribution in [0.1, 0.15) is 41.5 Å². The second-order valence-electron chi connectivity index (χ2n) is 3.58. The third-order valence-electron chi connectivity index (χ3n) is 2.28. The van der Waals surface area contributed by atoms with Gasteiger partial charge in [-0.1, -0.05) is 18.3 Å². The summed E-state index contributed by atoms with van der Waals surface area (Å²) in [5.41, 5.74) is 0.184. The van der Waals surface area contributed by atoms with E-state index in [1.165, 1.54) is 15.9 Å². The number of aromatic nitrogens is 3. The van der Waals surface area contributed by atoms with E-state index in [4.69, 9.17) is 10.00 Å². The molecule has 0 N–H and O–H groups in total. The smallest absolute Gasteiger partial charge is 0.360 e. The predicted octanol–water partition coefficient (Wildman–Crippen LogP) is 1.79. The van der Waals surface area contributed by atoms with Crippen LogP contribution < -0.4 is 0 Å². The quantitative estimate of drug-likeness (QED) is 0.786. The molecule has 0 bridgehead atoms. The Morgan fingerprint density at radius 3 is 2.94 bits per heavy atom. The molecule has 0 aliphatic carbocycles. The van der Waals surface area contributed by atoms with E-state index in [1.807, 2.05) is 6.07 Å². The van der Waals surface area contributed by atoms with Crippen LogP contribution in [-0.2, 0) is 11.2 Å². The van der Waals surface area contributed by atoms with Crippen molar-refractivity contribution >= 4 is 22.3 Å². The summed E-state index contributed by atoms with van der Waals surface area (Å²) < 4.78 is 6.28. The number of rotatable bonds is 4. The molecule has 0 amide bonds. The van der Waals surface area contributed by atoms with Gasteiger partial charge < -0.3 is 4.74 Å². The highest BCUT2D eigenvalue weighted by Gasteiger charge is 2.22. The number of fused-ring (bicyclic) bond motifs is 1. The van der Waals surface area contributed by atoms with E-state index in [-0.39, 0.29) is 18.0 Å². The van der Waals surface area contributed by atoms with Crippen LogP contribution in [0.25, 0.3) is 4.96 Å². The molecular formula is C11H12N4O2S. The van der Waals surface area contributed by atoms with Crippen LogP contribution in [-0.4, -0.2) is 27.2 Å². The van der Waals surface area contributed by atoms with Crippen LogP contribution in [0.4, 0.5) is 0 Å². The van der Waals surface area contributed by atoms with Crippen molar-refractivity contribution in [2.75, 3.05) is 6.61 Å². The van der Waals surface area contributed by atoms with E-state index < -0.39 is 5.97 Å². The zero-order valence-corrected chi connectivity index (χ0v) is 11.0. The Bertz CT molecular complexity index is 623. The Kier molecular flexibility index (Phi) is 3.58. The van der Waals surface area contributed by atoms with Gasteiger partial charge in [0.05, 0.1) is 6.61 Å². The highest BCUT2D eigenvalue weighted by atomic mass is 32.1. The average molecular weight is 264 g/mol. The highest BCUT2D eigenvalue weighted by molar-refractivity contribution is 7.16. The predicted molar refractivity (Wildman–Crippen MR) is 65.5 cm³/mol. The molecule has 0 aliphatic heterocycles. The minimum absolute atomic E-state index is 0.0427. The summed E-state index contributed by atoms with van der Waals surface area (Å²) in [6.07, 6.45) is 1.82. The minimum atomic E-state index is -0.580. The fourth-order valence-electron chi connectivity index (χ4n) is 1.55. The number of esters is 1. The van der Waals surface area contributed by atoms with E-state index in [0.717, 1.165) is 17.8 Å². The molecule has 0 saturated heterocycles. The number of hydrogen-bond acceptors (Lipinski definition) is 6. The Morgan fingerprint density at radius 2 is 2.33 bits per heavy atom. The summed E-state index contributed by atoms with van der Waals surface area (Å²) in [5.74, 6) is -0.580. The first kappa shape index (κ1) is 12.5. The van der Waals surface area contributed by atoms with Gasteiger partial charge in [-0.25, -0.2) is 9.78 Å². The van der Waals surface area contributed by atoms with Crippen LogP contribution in [0.3, 0.4) is 0 Å². The van der Waals surface area contributed by atoms with E-state index in [9.17, 15) is 4.79 Å². The summed E-state index contributed by atoms with van der Waals surface area (Å²) in [6, 6.07) is 1.96. The lowest BCUT2D eigenvalue weighted by Crippen LogP contribution is -2.07. The molecule has 7 heteroatoms. The van der Waals surface area contributed by atoms with Gasteiger partial charge in [0.2, 0.25) is 4.96 Å². The number of carbonyl (C=O) groups is 1. The van der Waals surface area contributed by atoms with Crippen LogP contribution in [0, 0.1) is 11.3 Å². The second-order valence-corrected chi connectivity index (χ2v) is 4.62. The van der Waals surface area contributed by atoms with Gasteiger partial charge in [0.25, 0.3) is 0 Å². The van der Waals surface area contributed by atoms with Crippen molar-refractivity contribution in [2.45, 2.75) is 26.7 Å². The van der Waals surface area contributed by atoms with Crippen LogP contribution in [0.5, 0.6) is 0 Å². The van der Waals surface area contributed by atoms with E-state index in [2.05, 4.69) is 17.0 Å². The average Bonchev–Trinajstić information content (AvgIpc) is 2.86. The van der Waals surface area contributed by atoms with E-state index in [0.29, 0.717) is 4.96 Å². The van der Waals surface area contributed by atoms with Crippen molar-refractivity contribution in [1.29, 1.82) is 5.26 Å². The molecule has 0 atom stereocenters. The molecule has 0 aromatic carbocycles. The maximum atomic E-state index is 11.6. The van der Waals surface area contributed by atoms with Crippen LogP contribution in [0.2, 0.25) is 0 Å². The number of hydrogen-bond donors (Lipinski definition) is 0. The second kappa shape index (κ2) is 5.14.